The number of anilines is 4. The molecule has 33 heavy (non-hydrogen) atoms. The van der Waals surface area contributed by atoms with Gasteiger partial charge >= 0.3 is 0 Å². The van der Waals surface area contributed by atoms with E-state index in [0.29, 0.717) is 28.9 Å². The van der Waals surface area contributed by atoms with Gasteiger partial charge in [-0.25, -0.2) is 9.97 Å². The average molecular weight is 432 g/mol. The first-order valence-electron chi connectivity index (χ1n) is 10.6. The van der Waals surface area contributed by atoms with Crippen molar-refractivity contribution in [3.63, 3.8) is 0 Å². The summed E-state index contributed by atoms with van der Waals surface area (Å²) in [6.07, 6.45) is 1.77. The number of aromatic nitrogens is 6. The van der Waals surface area contributed by atoms with E-state index in [9.17, 15) is 0 Å². The summed E-state index contributed by atoms with van der Waals surface area (Å²) in [6, 6.07) is 27.9. The van der Waals surface area contributed by atoms with Gasteiger partial charge in [-0.3, -0.25) is 9.88 Å². The van der Waals surface area contributed by atoms with Gasteiger partial charge in [0.25, 0.3) is 0 Å². The fourth-order valence-corrected chi connectivity index (χ4v) is 3.84. The second kappa shape index (κ2) is 7.76. The fraction of sp³-hybridized carbons (Fsp3) is 0.0400. The van der Waals surface area contributed by atoms with Gasteiger partial charge in [0.05, 0.1) is 11.0 Å². The van der Waals surface area contributed by atoms with Gasteiger partial charge in [0, 0.05) is 18.4 Å². The van der Waals surface area contributed by atoms with E-state index in [1.165, 1.54) is 0 Å². The summed E-state index contributed by atoms with van der Waals surface area (Å²) < 4.78 is 3.94. The number of hydrogen-bond acceptors (Lipinski definition) is 6. The highest BCUT2D eigenvalue weighted by Gasteiger charge is 2.16. The molecule has 0 saturated carbocycles. The van der Waals surface area contributed by atoms with Crippen molar-refractivity contribution in [3.8, 4) is 5.69 Å². The van der Waals surface area contributed by atoms with Gasteiger partial charge in [-0.1, -0.05) is 48.5 Å². The third-order valence-corrected chi connectivity index (χ3v) is 5.48. The zero-order valence-corrected chi connectivity index (χ0v) is 17.8. The highest BCUT2D eigenvalue weighted by atomic mass is 15.3. The molecule has 0 atom stereocenters. The Hall–Kier alpha value is -4.72. The lowest BCUT2D eigenvalue weighted by molar-refractivity contribution is 0.950. The summed E-state index contributed by atoms with van der Waals surface area (Å²) in [5.74, 6) is 1.70. The summed E-state index contributed by atoms with van der Waals surface area (Å²) in [4.78, 5) is 18.9. The number of fused-ring (bicyclic) bond motifs is 2. The van der Waals surface area contributed by atoms with Crippen LogP contribution in [0.1, 0.15) is 0 Å². The predicted octanol–water partition coefficient (Wildman–Crippen LogP) is 5.19. The molecule has 6 rings (SSSR count). The van der Waals surface area contributed by atoms with Gasteiger partial charge in [0.1, 0.15) is 6.33 Å². The largest absolute Gasteiger partial charge is 0.338 e. The Balaban J connectivity index is 1.49. The monoisotopic (exact) mass is 432 g/mol. The van der Waals surface area contributed by atoms with Crippen LogP contribution < -0.4 is 10.6 Å². The van der Waals surface area contributed by atoms with Gasteiger partial charge in [0.15, 0.2) is 17.0 Å². The maximum absolute atomic E-state index is 4.81. The molecule has 8 heteroatoms. The summed E-state index contributed by atoms with van der Waals surface area (Å²) in [6.45, 7) is 0. The molecule has 6 aromatic rings. The topological polar surface area (TPSA) is 85.5 Å². The minimum atomic E-state index is 0.428. The minimum absolute atomic E-state index is 0.428. The van der Waals surface area contributed by atoms with Crippen LogP contribution in [-0.4, -0.2) is 29.1 Å². The second-order valence-electron chi connectivity index (χ2n) is 7.62. The second-order valence-corrected chi connectivity index (χ2v) is 7.62. The normalized spacial score (nSPS) is 11.2. The summed E-state index contributed by atoms with van der Waals surface area (Å²) in [5.41, 5.74) is 5.19. The molecule has 0 bridgehead atoms. The molecule has 2 N–H and O–H groups in total. The van der Waals surface area contributed by atoms with Crippen LogP contribution in [0, 0.1) is 0 Å². The van der Waals surface area contributed by atoms with Gasteiger partial charge in [-0.15, -0.1) is 0 Å². The highest BCUT2D eigenvalue weighted by molar-refractivity contribution is 5.88. The predicted molar refractivity (Wildman–Crippen MR) is 130 cm³/mol. The molecule has 3 aromatic heterocycles. The van der Waals surface area contributed by atoms with Crippen LogP contribution in [0.4, 0.5) is 23.4 Å². The Morgan fingerprint density at radius 1 is 0.727 bits per heavy atom. The zero-order valence-electron chi connectivity index (χ0n) is 17.8. The molecule has 0 spiro atoms. The smallest absolute Gasteiger partial charge is 0.233 e. The fourth-order valence-electron chi connectivity index (χ4n) is 3.84. The van der Waals surface area contributed by atoms with Crippen molar-refractivity contribution in [2.75, 3.05) is 10.6 Å². The molecule has 0 saturated heterocycles. The summed E-state index contributed by atoms with van der Waals surface area (Å²) in [5, 5.41) is 6.68. The van der Waals surface area contributed by atoms with E-state index < -0.39 is 0 Å². The lowest BCUT2D eigenvalue weighted by Crippen LogP contribution is -2.06. The van der Waals surface area contributed by atoms with E-state index in [-0.39, 0.29) is 0 Å². The van der Waals surface area contributed by atoms with Crippen molar-refractivity contribution in [2.45, 2.75) is 0 Å². The quantitative estimate of drug-likeness (QED) is 0.390. The number of para-hydroxylation sites is 4. The Morgan fingerprint density at radius 2 is 1.45 bits per heavy atom. The van der Waals surface area contributed by atoms with Crippen molar-refractivity contribution in [3.05, 3.63) is 91.3 Å². The van der Waals surface area contributed by atoms with Gasteiger partial charge in [-0.05, 0) is 36.4 Å². The van der Waals surface area contributed by atoms with Crippen LogP contribution in [0.15, 0.2) is 91.3 Å². The first kappa shape index (κ1) is 19.0. The van der Waals surface area contributed by atoms with Crippen LogP contribution in [0.25, 0.3) is 27.9 Å². The molecule has 3 aromatic carbocycles. The van der Waals surface area contributed by atoms with Gasteiger partial charge in [-0.2, -0.15) is 9.97 Å². The molecule has 8 nitrogen and oxygen atoms in total. The average Bonchev–Trinajstić information content (AvgIpc) is 3.42. The van der Waals surface area contributed by atoms with Crippen LogP contribution in [0.2, 0.25) is 0 Å². The number of aryl methyl sites for hydroxylation is 1. The number of nitrogens with one attached hydrogen (secondary N) is 2. The van der Waals surface area contributed by atoms with Crippen LogP contribution >= 0.6 is 0 Å². The van der Waals surface area contributed by atoms with E-state index in [4.69, 9.17) is 15.0 Å². The molecule has 0 amide bonds. The molecular weight excluding hydrogens is 412 g/mol. The Labute approximate surface area is 189 Å². The first-order valence-corrected chi connectivity index (χ1v) is 10.6. The molecule has 0 fully saturated rings. The molecule has 0 radical (unpaired) electrons. The summed E-state index contributed by atoms with van der Waals surface area (Å²) >= 11 is 0. The summed E-state index contributed by atoms with van der Waals surface area (Å²) in [7, 11) is 1.97. The van der Waals surface area contributed by atoms with Crippen LogP contribution in [0.3, 0.4) is 0 Å². The number of rotatable bonds is 5. The molecule has 160 valence electrons. The molecule has 0 aliphatic heterocycles. The maximum Gasteiger partial charge on any atom is 0.233 e. The van der Waals surface area contributed by atoms with E-state index in [1.807, 2.05) is 101 Å². The van der Waals surface area contributed by atoms with E-state index >= 15 is 0 Å². The zero-order chi connectivity index (χ0) is 22.2. The number of imidazole rings is 2. The molecule has 3 heterocycles. The Bertz CT molecular complexity index is 1570. The molecule has 0 aliphatic rings. The standard InChI is InChI=1S/C25H20N8/c1-32-20-15-9-8-14-19(20)28-25(32)31-24-29-22(27-17-10-4-2-5-11-17)21-23(30-24)33(16-26-21)18-12-6-3-7-13-18/h2-16H,1H3,(H2,27,28,29,30,31). The van der Waals surface area contributed by atoms with Crippen molar-refractivity contribution in [2.24, 2.45) is 7.05 Å². The van der Waals surface area contributed by atoms with Crippen molar-refractivity contribution in [1.82, 2.24) is 29.1 Å². The first-order chi connectivity index (χ1) is 16.3. The van der Waals surface area contributed by atoms with Crippen LogP contribution in [-0.2, 0) is 7.05 Å². The molecule has 0 aliphatic carbocycles. The van der Waals surface area contributed by atoms with E-state index in [1.54, 1.807) is 6.33 Å². The third kappa shape index (κ3) is 3.43. The molecular formula is C25H20N8. The van der Waals surface area contributed by atoms with Crippen molar-refractivity contribution in [1.29, 1.82) is 0 Å². The SMILES string of the molecule is Cn1c(Nc2nc(Nc3ccccc3)c3ncn(-c4ccccc4)c3n2)nc2ccccc21. The lowest BCUT2D eigenvalue weighted by Gasteiger charge is -2.11. The third-order valence-electron chi connectivity index (χ3n) is 5.48. The Kier molecular flexibility index (Phi) is 4.47. The van der Waals surface area contributed by atoms with Crippen molar-refractivity contribution < 1.29 is 0 Å². The number of hydrogen-bond donors (Lipinski definition) is 2. The number of benzene rings is 3. The van der Waals surface area contributed by atoms with Crippen LogP contribution in [0.5, 0.6) is 0 Å². The Morgan fingerprint density at radius 3 is 2.24 bits per heavy atom. The number of nitrogens with zero attached hydrogens (tertiary/aromatic N) is 6. The van der Waals surface area contributed by atoms with Gasteiger partial charge < -0.3 is 9.88 Å². The lowest BCUT2D eigenvalue weighted by atomic mass is 10.3. The van der Waals surface area contributed by atoms with Crippen molar-refractivity contribution >= 4 is 45.6 Å². The van der Waals surface area contributed by atoms with E-state index in [0.717, 1.165) is 22.4 Å². The van der Waals surface area contributed by atoms with Gasteiger partial charge in [0.2, 0.25) is 11.9 Å². The van der Waals surface area contributed by atoms with E-state index in [2.05, 4.69) is 15.6 Å². The maximum atomic E-state index is 4.81. The minimum Gasteiger partial charge on any atom is -0.338 e. The molecule has 0 unspecified atom stereocenters. The highest BCUT2D eigenvalue weighted by Crippen LogP contribution is 2.28.